The van der Waals surface area contributed by atoms with Gasteiger partial charge in [-0.1, -0.05) is 82.1 Å². The van der Waals surface area contributed by atoms with Crippen molar-refractivity contribution in [1.82, 2.24) is 25.5 Å². The Labute approximate surface area is 194 Å². The Bertz CT molecular complexity index is 1050. The molecule has 33 heavy (non-hydrogen) atoms. The van der Waals surface area contributed by atoms with Gasteiger partial charge in [0.2, 0.25) is 11.7 Å². The summed E-state index contributed by atoms with van der Waals surface area (Å²) in [4.78, 5) is 26.5. The Balaban J connectivity index is 1.85. The summed E-state index contributed by atoms with van der Waals surface area (Å²) in [7, 11) is 0. The number of aromatic amines is 1. The van der Waals surface area contributed by atoms with E-state index in [2.05, 4.69) is 27.5 Å². The van der Waals surface area contributed by atoms with E-state index in [1.165, 1.54) is 4.90 Å². The van der Waals surface area contributed by atoms with E-state index in [9.17, 15) is 14.7 Å². The van der Waals surface area contributed by atoms with Crippen LogP contribution in [0.2, 0.25) is 0 Å². The fraction of sp³-hybridized carbons (Fsp3) is 0.400. The zero-order valence-corrected chi connectivity index (χ0v) is 19.4. The van der Waals surface area contributed by atoms with E-state index in [-0.39, 0.29) is 18.4 Å². The third kappa shape index (κ3) is 6.03. The number of aliphatic carboxylic acids is 1. The second-order valence-electron chi connectivity index (χ2n) is 8.48. The minimum Gasteiger partial charge on any atom is -0.480 e. The number of carboxylic acid groups (broad SMARTS) is 1. The highest BCUT2D eigenvalue weighted by molar-refractivity contribution is 5.84. The van der Waals surface area contributed by atoms with Crippen LogP contribution in [0.15, 0.2) is 48.5 Å². The molecule has 2 aromatic carbocycles. The van der Waals surface area contributed by atoms with E-state index in [4.69, 9.17) is 0 Å². The molecule has 1 amide bonds. The molecular weight excluding hydrogens is 418 g/mol. The van der Waals surface area contributed by atoms with E-state index in [0.29, 0.717) is 12.2 Å². The summed E-state index contributed by atoms with van der Waals surface area (Å²) in [5.41, 5.74) is 3.67. The number of carbonyl (C=O) groups excluding carboxylic acids is 1. The lowest BCUT2D eigenvalue weighted by molar-refractivity contribution is -0.153. The average Bonchev–Trinajstić information content (AvgIpc) is 3.33. The number of hydrogen-bond acceptors (Lipinski definition) is 5. The number of carboxylic acids is 1. The normalized spacial score (nSPS) is 12.0. The molecule has 0 spiro atoms. The first-order valence-electron chi connectivity index (χ1n) is 11.4. The molecule has 0 saturated heterocycles. The zero-order valence-electron chi connectivity index (χ0n) is 19.4. The van der Waals surface area contributed by atoms with Gasteiger partial charge in [-0.25, -0.2) is 4.79 Å². The quantitative estimate of drug-likeness (QED) is 0.415. The number of nitrogens with zero attached hydrogens (tertiary/aromatic N) is 4. The number of unbranched alkanes of at least 4 members (excludes halogenated alkanes) is 2. The Morgan fingerprint density at radius 2 is 1.73 bits per heavy atom. The molecule has 0 fully saturated rings. The van der Waals surface area contributed by atoms with Crippen molar-refractivity contribution in [2.24, 2.45) is 5.92 Å². The van der Waals surface area contributed by atoms with Crippen LogP contribution < -0.4 is 0 Å². The van der Waals surface area contributed by atoms with Crippen LogP contribution in [-0.4, -0.2) is 48.5 Å². The van der Waals surface area contributed by atoms with Crippen molar-refractivity contribution in [1.29, 1.82) is 0 Å². The largest absolute Gasteiger partial charge is 0.480 e. The first-order chi connectivity index (χ1) is 15.9. The van der Waals surface area contributed by atoms with Gasteiger partial charge in [0.05, 0.1) is 0 Å². The first-order valence-corrected chi connectivity index (χ1v) is 11.4. The van der Waals surface area contributed by atoms with Crippen LogP contribution in [0.25, 0.3) is 22.5 Å². The summed E-state index contributed by atoms with van der Waals surface area (Å²) < 4.78 is 0. The molecule has 0 radical (unpaired) electrons. The van der Waals surface area contributed by atoms with Crippen LogP contribution in [-0.2, 0) is 16.1 Å². The average molecular weight is 450 g/mol. The maximum atomic E-state index is 13.0. The molecule has 0 bridgehead atoms. The van der Waals surface area contributed by atoms with Gasteiger partial charge in [0, 0.05) is 18.5 Å². The predicted octanol–water partition coefficient (Wildman–Crippen LogP) is 4.55. The van der Waals surface area contributed by atoms with Crippen molar-refractivity contribution >= 4 is 11.9 Å². The van der Waals surface area contributed by atoms with E-state index in [1.807, 2.05) is 62.4 Å². The van der Waals surface area contributed by atoms with Gasteiger partial charge < -0.3 is 10.0 Å². The van der Waals surface area contributed by atoms with Crippen molar-refractivity contribution in [3.05, 3.63) is 54.1 Å². The Morgan fingerprint density at radius 1 is 1.03 bits per heavy atom. The number of H-pyrrole nitrogens is 1. The number of benzene rings is 2. The molecule has 3 aromatic rings. The smallest absolute Gasteiger partial charge is 0.326 e. The maximum Gasteiger partial charge on any atom is 0.326 e. The van der Waals surface area contributed by atoms with Gasteiger partial charge in [0.1, 0.15) is 6.04 Å². The topological polar surface area (TPSA) is 112 Å². The molecule has 1 atom stereocenters. The highest BCUT2D eigenvalue weighted by atomic mass is 16.4. The molecular formula is C25H31N5O3. The van der Waals surface area contributed by atoms with Crippen LogP contribution in [0, 0.1) is 5.92 Å². The van der Waals surface area contributed by atoms with Crippen molar-refractivity contribution in [3.63, 3.8) is 0 Å². The van der Waals surface area contributed by atoms with Crippen LogP contribution in [0.4, 0.5) is 0 Å². The van der Waals surface area contributed by atoms with E-state index in [1.54, 1.807) is 0 Å². The lowest BCUT2D eigenvalue weighted by atomic mass is 9.97. The highest BCUT2D eigenvalue weighted by Gasteiger charge is 2.32. The Hall–Kier alpha value is -3.55. The summed E-state index contributed by atoms with van der Waals surface area (Å²) in [5.74, 6) is -0.769. The fourth-order valence-corrected chi connectivity index (χ4v) is 3.98. The molecule has 0 aliphatic heterocycles. The summed E-state index contributed by atoms with van der Waals surface area (Å²) in [5, 5.41) is 24.1. The Morgan fingerprint density at radius 3 is 2.30 bits per heavy atom. The van der Waals surface area contributed by atoms with Crippen molar-refractivity contribution < 1.29 is 14.7 Å². The van der Waals surface area contributed by atoms with Gasteiger partial charge in [0.15, 0.2) is 0 Å². The van der Waals surface area contributed by atoms with Crippen molar-refractivity contribution in [3.8, 4) is 22.5 Å². The summed E-state index contributed by atoms with van der Waals surface area (Å²) in [6.07, 6.45) is 3.09. The molecule has 174 valence electrons. The second-order valence-corrected chi connectivity index (χ2v) is 8.48. The first kappa shape index (κ1) is 24.1. The standard InChI is InChI=1S/C25H31N5O3/c1-4-5-6-11-22(31)30(23(17(2)3)25(32)33)16-18-12-14-19(15-13-18)20-9-7-8-10-21(20)24-26-28-29-27-24/h7-10,12-15,17,23H,4-6,11,16H2,1-3H3,(H,32,33)(H,26,27,28,29)/t23-/m0/s1. The second kappa shape index (κ2) is 11.4. The number of amides is 1. The maximum absolute atomic E-state index is 13.0. The summed E-state index contributed by atoms with van der Waals surface area (Å²) in [6.45, 7) is 6.01. The lowest BCUT2D eigenvalue weighted by Gasteiger charge is -2.32. The van der Waals surface area contributed by atoms with E-state index in [0.717, 1.165) is 41.5 Å². The van der Waals surface area contributed by atoms with Gasteiger partial charge in [-0.3, -0.25) is 4.79 Å². The third-order valence-electron chi connectivity index (χ3n) is 5.67. The molecule has 8 nitrogen and oxygen atoms in total. The van der Waals surface area contributed by atoms with Crippen LogP contribution in [0.1, 0.15) is 52.0 Å². The number of rotatable bonds is 11. The van der Waals surface area contributed by atoms with Gasteiger partial charge in [0.25, 0.3) is 0 Å². The van der Waals surface area contributed by atoms with E-state index >= 15 is 0 Å². The number of hydrogen-bond donors (Lipinski definition) is 2. The fourth-order valence-electron chi connectivity index (χ4n) is 3.98. The molecule has 1 aromatic heterocycles. The molecule has 0 saturated carbocycles. The number of tetrazole rings is 1. The van der Waals surface area contributed by atoms with Crippen molar-refractivity contribution in [2.75, 3.05) is 0 Å². The zero-order chi connectivity index (χ0) is 23.8. The van der Waals surface area contributed by atoms with Crippen molar-refractivity contribution in [2.45, 2.75) is 59.0 Å². The minimum absolute atomic E-state index is 0.115. The van der Waals surface area contributed by atoms with E-state index < -0.39 is 12.0 Å². The number of nitrogens with one attached hydrogen (secondary N) is 1. The third-order valence-corrected chi connectivity index (χ3v) is 5.67. The molecule has 0 aliphatic carbocycles. The monoisotopic (exact) mass is 449 g/mol. The highest BCUT2D eigenvalue weighted by Crippen LogP contribution is 2.30. The minimum atomic E-state index is -0.973. The predicted molar refractivity (Wildman–Crippen MR) is 126 cm³/mol. The van der Waals surface area contributed by atoms with Gasteiger partial charge >= 0.3 is 5.97 Å². The van der Waals surface area contributed by atoms with Gasteiger partial charge in [-0.05, 0) is 34.2 Å². The molecule has 2 N–H and O–H groups in total. The van der Waals surface area contributed by atoms with Gasteiger partial charge in [-0.2, -0.15) is 5.21 Å². The summed E-state index contributed by atoms with van der Waals surface area (Å²) >= 11 is 0. The molecule has 1 heterocycles. The number of aromatic nitrogens is 4. The SMILES string of the molecule is CCCCCC(=O)N(Cc1ccc(-c2ccccc2-c2nn[nH]n2)cc1)[C@H](C(=O)O)C(C)C. The van der Waals surface area contributed by atoms with Crippen LogP contribution in [0.3, 0.4) is 0 Å². The lowest BCUT2D eigenvalue weighted by Crippen LogP contribution is -2.47. The summed E-state index contributed by atoms with van der Waals surface area (Å²) in [6, 6.07) is 14.7. The molecule has 0 unspecified atom stereocenters. The van der Waals surface area contributed by atoms with Crippen LogP contribution >= 0.6 is 0 Å². The molecule has 3 rings (SSSR count). The van der Waals surface area contributed by atoms with Gasteiger partial charge in [-0.15, -0.1) is 10.2 Å². The molecule has 0 aliphatic rings. The molecule has 8 heteroatoms. The Kier molecular flexibility index (Phi) is 8.29. The van der Waals surface area contributed by atoms with Crippen LogP contribution in [0.5, 0.6) is 0 Å². The number of carbonyl (C=O) groups is 2.